The molecule has 3 aromatic rings. The van der Waals surface area contributed by atoms with Crippen molar-refractivity contribution < 1.29 is 37.0 Å². The van der Waals surface area contributed by atoms with Gasteiger partial charge >= 0.3 is 12.1 Å². The van der Waals surface area contributed by atoms with Crippen LogP contribution in [-0.2, 0) is 27.8 Å². The van der Waals surface area contributed by atoms with Crippen molar-refractivity contribution in [2.45, 2.75) is 51.6 Å². The smallest absolute Gasteiger partial charge is 0.491 e. The van der Waals surface area contributed by atoms with Crippen molar-refractivity contribution in [1.29, 1.82) is 0 Å². The lowest BCUT2D eigenvalue weighted by Crippen LogP contribution is -2.40. The molecule has 0 atom stereocenters. The van der Waals surface area contributed by atoms with Gasteiger partial charge in [-0.2, -0.15) is 13.2 Å². The molecule has 0 spiro atoms. The molecule has 206 valence electrons. The summed E-state index contributed by atoms with van der Waals surface area (Å²) in [4.78, 5) is 34.3. The van der Waals surface area contributed by atoms with Gasteiger partial charge in [-0.05, 0) is 37.5 Å². The van der Waals surface area contributed by atoms with Crippen LogP contribution in [0.3, 0.4) is 0 Å². The summed E-state index contributed by atoms with van der Waals surface area (Å²) in [5.74, 6) is -1.51. The van der Waals surface area contributed by atoms with Crippen molar-refractivity contribution in [2.75, 3.05) is 32.9 Å². The fourth-order valence-corrected chi connectivity index (χ4v) is 4.37. The molecule has 0 aliphatic carbocycles. The Bertz CT molecular complexity index is 1300. The quantitative estimate of drug-likeness (QED) is 0.281. The Kier molecular flexibility index (Phi) is 8.70. The van der Waals surface area contributed by atoms with Gasteiger partial charge in [-0.25, -0.2) is 14.8 Å². The Morgan fingerprint density at radius 1 is 1.11 bits per heavy atom. The highest BCUT2D eigenvalue weighted by Crippen LogP contribution is 2.34. The third-order valence-electron chi connectivity index (χ3n) is 6.43. The van der Waals surface area contributed by atoms with Crippen LogP contribution in [0.2, 0.25) is 0 Å². The fraction of sp³-hybridized carbons (Fsp3) is 0.538. The second-order valence-corrected chi connectivity index (χ2v) is 9.17. The number of ether oxygens (including phenoxy) is 3. The van der Waals surface area contributed by atoms with Gasteiger partial charge < -0.3 is 23.7 Å². The number of hydrogen-bond donors (Lipinski definition) is 0. The minimum Gasteiger partial charge on any atom is -0.494 e. The Morgan fingerprint density at radius 3 is 2.58 bits per heavy atom. The van der Waals surface area contributed by atoms with E-state index in [1.807, 2.05) is 11.8 Å². The number of aromatic nitrogens is 3. The molecule has 0 saturated carbocycles. The van der Waals surface area contributed by atoms with Gasteiger partial charge in [0.2, 0.25) is 5.91 Å². The van der Waals surface area contributed by atoms with Crippen LogP contribution in [-0.4, -0.2) is 70.4 Å². The van der Waals surface area contributed by atoms with E-state index in [4.69, 9.17) is 9.47 Å². The number of imidazole rings is 1. The SMILES string of the molecule is CCCCc1nc2c(OC(=O)C(F)(F)F)nc3ccc(OCCCCC(=O)N4CCOCC4)cc3c2n1C. The molecule has 1 aliphatic rings. The average Bonchev–Trinajstić information content (AvgIpc) is 3.23. The largest absolute Gasteiger partial charge is 0.494 e. The zero-order chi connectivity index (χ0) is 27.3. The van der Waals surface area contributed by atoms with E-state index < -0.39 is 18.0 Å². The highest BCUT2D eigenvalue weighted by atomic mass is 19.4. The Hall–Kier alpha value is -3.41. The zero-order valence-electron chi connectivity index (χ0n) is 21.5. The first-order valence-corrected chi connectivity index (χ1v) is 12.8. The number of halogens is 3. The van der Waals surface area contributed by atoms with E-state index in [-0.39, 0.29) is 11.4 Å². The summed E-state index contributed by atoms with van der Waals surface area (Å²) >= 11 is 0. The first kappa shape index (κ1) is 27.6. The first-order chi connectivity index (χ1) is 18.2. The van der Waals surface area contributed by atoms with E-state index in [1.54, 1.807) is 29.8 Å². The molecule has 38 heavy (non-hydrogen) atoms. The zero-order valence-corrected chi connectivity index (χ0v) is 21.5. The van der Waals surface area contributed by atoms with Gasteiger partial charge in [-0.3, -0.25) is 4.79 Å². The average molecular weight is 537 g/mol. The molecular weight excluding hydrogens is 505 g/mol. The van der Waals surface area contributed by atoms with Crippen molar-refractivity contribution in [2.24, 2.45) is 7.05 Å². The number of carbonyl (C=O) groups is 2. The number of hydrogen-bond acceptors (Lipinski definition) is 7. The van der Waals surface area contributed by atoms with Crippen LogP contribution in [0.25, 0.3) is 21.9 Å². The molecule has 12 heteroatoms. The van der Waals surface area contributed by atoms with Crippen molar-refractivity contribution >= 4 is 33.8 Å². The van der Waals surface area contributed by atoms with Crippen molar-refractivity contribution in [3.8, 4) is 11.6 Å². The Balaban J connectivity index is 1.52. The van der Waals surface area contributed by atoms with E-state index in [0.29, 0.717) is 86.6 Å². The second-order valence-electron chi connectivity index (χ2n) is 9.17. The molecule has 0 N–H and O–H groups in total. The number of morpholine rings is 1. The predicted octanol–water partition coefficient (Wildman–Crippen LogP) is 4.34. The van der Waals surface area contributed by atoms with Crippen LogP contribution in [0, 0.1) is 0 Å². The standard InChI is InChI=1S/C26H31F3N4O5/c1-3-4-7-20-31-22-23(32(20)2)18-16-17(9-10-19(18)30-24(22)38-25(35)26(27,28)29)37-13-6-5-8-21(34)33-11-14-36-15-12-33/h9-10,16H,3-8,11-15H2,1-2H3. The number of rotatable bonds is 10. The molecule has 9 nitrogen and oxygen atoms in total. The second kappa shape index (κ2) is 12.0. The van der Waals surface area contributed by atoms with E-state index in [1.165, 1.54) is 0 Å². The summed E-state index contributed by atoms with van der Waals surface area (Å²) in [7, 11) is 1.77. The molecule has 1 aromatic carbocycles. The highest BCUT2D eigenvalue weighted by molar-refractivity contribution is 6.05. The summed E-state index contributed by atoms with van der Waals surface area (Å²) < 4.78 is 56.3. The van der Waals surface area contributed by atoms with E-state index >= 15 is 0 Å². The number of fused-ring (bicyclic) bond motifs is 3. The van der Waals surface area contributed by atoms with Gasteiger partial charge in [0, 0.05) is 38.4 Å². The van der Waals surface area contributed by atoms with E-state index in [0.717, 1.165) is 12.8 Å². The van der Waals surface area contributed by atoms with Gasteiger partial charge in [0.25, 0.3) is 5.88 Å². The number of esters is 1. The summed E-state index contributed by atoms with van der Waals surface area (Å²) in [5, 5.41) is 0.615. The molecule has 1 fully saturated rings. The molecule has 0 radical (unpaired) electrons. The summed E-state index contributed by atoms with van der Waals surface area (Å²) in [5.41, 5.74) is 0.936. The summed E-state index contributed by atoms with van der Waals surface area (Å²) in [6.07, 6.45) is -0.993. The Morgan fingerprint density at radius 2 is 1.87 bits per heavy atom. The third-order valence-corrected chi connectivity index (χ3v) is 6.43. The van der Waals surface area contributed by atoms with Crippen LogP contribution in [0.1, 0.15) is 44.9 Å². The number of aryl methyl sites for hydroxylation is 2. The summed E-state index contributed by atoms with van der Waals surface area (Å²) in [6.45, 7) is 4.82. The van der Waals surface area contributed by atoms with Gasteiger partial charge in [0.15, 0.2) is 5.52 Å². The topological polar surface area (TPSA) is 95.8 Å². The summed E-state index contributed by atoms with van der Waals surface area (Å²) in [6, 6.07) is 5.02. The highest BCUT2D eigenvalue weighted by Gasteiger charge is 2.42. The number of benzene rings is 1. The fourth-order valence-electron chi connectivity index (χ4n) is 4.37. The Labute approximate surface area is 217 Å². The molecule has 4 rings (SSSR count). The van der Waals surface area contributed by atoms with Crippen LogP contribution in [0.5, 0.6) is 11.6 Å². The lowest BCUT2D eigenvalue weighted by Gasteiger charge is -2.26. The molecule has 0 bridgehead atoms. The molecule has 1 amide bonds. The maximum atomic E-state index is 12.9. The van der Waals surface area contributed by atoms with E-state index in [2.05, 4.69) is 14.7 Å². The molecular formula is C26H31F3N4O5. The number of pyridine rings is 1. The van der Waals surface area contributed by atoms with Crippen molar-refractivity contribution in [3.63, 3.8) is 0 Å². The first-order valence-electron chi connectivity index (χ1n) is 12.8. The van der Waals surface area contributed by atoms with Crippen LogP contribution in [0.15, 0.2) is 18.2 Å². The van der Waals surface area contributed by atoms with Gasteiger partial charge in [-0.1, -0.05) is 13.3 Å². The number of carbonyl (C=O) groups excluding carboxylic acids is 2. The molecule has 3 heterocycles. The number of unbranched alkanes of at least 4 members (excludes halogenated alkanes) is 2. The van der Waals surface area contributed by atoms with E-state index in [9.17, 15) is 22.8 Å². The van der Waals surface area contributed by atoms with Gasteiger partial charge in [-0.15, -0.1) is 0 Å². The predicted molar refractivity (Wildman–Crippen MR) is 133 cm³/mol. The van der Waals surface area contributed by atoms with Crippen LogP contribution >= 0.6 is 0 Å². The molecule has 1 saturated heterocycles. The van der Waals surface area contributed by atoms with Gasteiger partial charge in [0.05, 0.1) is 30.9 Å². The van der Waals surface area contributed by atoms with Crippen molar-refractivity contribution in [3.05, 3.63) is 24.0 Å². The molecule has 2 aromatic heterocycles. The minimum absolute atomic E-state index is 0.0856. The van der Waals surface area contributed by atoms with Crippen LogP contribution in [0.4, 0.5) is 13.2 Å². The molecule has 0 unspecified atom stereocenters. The van der Waals surface area contributed by atoms with Gasteiger partial charge in [0.1, 0.15) is 11.6 Å². The minimum atomic E-state index is -5.16. The third kappa shape index (κ3) is 6.35. The number of nitrogens with zero attached hydrogens (tertiary/aromatic N) is 4. The maximum absolute atomic E-state index is 12.9. The lowest BCUT2D eigenvalue weighted by molar-refractivity contribution is -0.189. The van der Waals surface area contributed by atoms with Crippen LogP contribution < -0.4 is 9.47 Å². The van der Waals surface area contributed by atoms with Crippen molar-refractivity contribution in [1.82, 2.24) is 19.4 Å². The molecule has 1 aliphatic heterocycles. The number of alkyl halides is 3. The maximum Gasteiger partial charge on any atom is 0.491 e. The monoisotopic (exact) mass is 536 g/mol. The normalized spacial score (nSPS) is 14.3. The lowest BCUT2D eigenvalue weighted by atomic mass is 10.1. The number of amides is 1.